The molecule has 1 aromatic carbocycles. The third-order valence-electron chi connectivity index (χ3n) is 2.21. The average Bonchev–Trinajstić information content (AvgIpc) is 2.86. The lowest BCUT2D eigenvalue weighted by molar-refractivity contribution is 0.355. The zero-order chi connectivity index (χ0) is 12.3. The second kappa shape index (κ2) is 5.05. The third kappa shape index (κ3) is 2.19. The van der Waals surface area contributed by atoms with Crippen LogP contribution in [0.15, 0.2) is 22.6 Å². The maximum atomic E-state index is 5.61. The van der Waals surface area contributed by atoms with Gasteiger partial charge in [0.25, 0.3) is 5.89 Å². The van der Waals surface area contributed by atoms with E-state index in [1.807, 2.05) is 12.1 Å². The molecule has 1 heterocycles. The first-order valence-corrected chi connectivity index (χ1v) is 5.43. The maximum Gasteiger partial charge on any atom is 0.251 e. The SMILES string of the molecule is COc1cccc(-c2nnc(CCl)o2)c1OC. The van der Waals surface area contributed by atoms with Crippen molar-refractivity contribution in [2.45, 2.75) is 5.88 Å². The van der Waals surface area contributed by atoms with Gasteiger partial charge in [0, 0.05) is 0 Å². The van der Waals surface area contributed by atoms with E-state index in [0.717, 1.165) is 0 Å². The summed E-state index contributed by atoms with van der Waals surface area (Å²) in [6, 6.07) is 5.43. The van der Waals surface area contributed by atoms with E-state index in [1.165, 1.54) is 0 Å². The van der Waals surface area contributed by atoms with Crippen molar-refractivity contribution in [2.24, 2.45) is 0 Å². The van der Waals surface area contributed by atoms with E-state index < -0.39 is 0 Å². The molecule has 2 aromatic rings. The van der Waals surface area contributed by atoms with Gasteiger partial charge in [-0.25, -0.2) is 0 Å². The van der Waals surface area contributed by atoms with Crippen molar-refractivity contribution in [1.29, 1.82) is 0 Å². The molecule has 0 spiro atoms. The highest BCUT2D eigenvalue weighted by Gasteiger charge is 2.16. The van der Waals surface area contributed by atoms with Crippen molar-refractivity contribution in [3.05, 3.63) is 24.1 Å². The molecule has 0 bridgehead atoms. The van der Waals surface area contributed by atoms with E-state index in [9.17, 15) is 0 Å². The largest absolute Gasteiger partial charge is 0.493 e. The van der Waals surface area contributed by atoms with E-state index in [-0.39, 0.29) is 5.88 Å². The van der Waals surface area contributed by atoms with Gasteiger partial charge >= 0.3 is 0 Å². The van der Waals surface area contributed by atoms with E-state index in [1.54, 1.807) is 20.3 Å². The van der Waals surface area contributed by atoms with Gasteiger partial charge in [0.2, 0.25) is 5.89 Å². The lowest BCUT2D eigenvalue weighted by Crippen LogP contribution is -1.93. The van der Waals surface area contributed by atoms with Crippen LogP contribution in [0.2, 0.25) is 0 Å². The molecule has 0 saturated heterocycles. The summed E-state index contributed by atoms with van der Waals surface area (Å²) in [5.41, 5.74) is 0.677. The van der Waals surface area contributed by atoms with Gasteiger partial charge in [0.15, 0.2) is 11.5 Å². The number of methoxy groups -OCH3 is 2. The normalized spacial score (nSPS) is 10.3. The summed E-state index contributed by atoms with van der Waals surface area (Å²) >= 11 is 5.61. The Morgan fingerprint density at radius 3 is 2.65 bits per heavy atom. The molecule has 0 aliphatic carbocycles. The molecule has 0 N–H and O–H groups in total. The van der Waals surface area contributed by atoms with Crippen LogP contribution in [-0.2, 0) is 5.88 Å². The Labute approximate surface area is 103 Å². The fourth-order valence-corrected chi connectivity index (χ4v) is 1.58. The molecule has 90 valence electrons. The second-order valence-electron chi connectivity index (χ2n) is 3.18. The Hall–Kier alpha value is -1.75. The monoisotopic (exact) mass is 254 g/mol. The van der Waals surface area contributed by atoms with Gasteiger partial charge < -0.3 is 13.9 Å². The number of ether oxygens (including phenoxy) is 2. The number of hydrogen-bond donors (Lipinski definition) is 0. The first kappa shape index (κ1) is 11.7. The minimum Gasteiger partial charge on any atom is -0.493 e. The van der Waals surface area contributed by atoms with Crippen molar-refractivity contribution < 1.29 is 13.9 Å². The molecule has 0 fully saturated rings. The van der Waals surface area contributed by atoms with Gasteiger partial charge in [0.1, 0.15) is 5.88 Å². The van der Waals surface area contributed by atoms with Crippen LogP contribution in [0.1, 0.15) is 5.89 Å². The number of nitrogens with zero attached hydrogens (tertiary/aromatic N) is 2. The molecular formula is C11H11ClN2O3. The van der Waals surface area contributed by atoms with Crippen LogP contribution in [0.5, 0.6) is 11.5 Å². The molecule has 0 saturated carbocycles. The highest BCUT2D eigenvalue weighted by molar-refractivity contribution is 6.16. The molecule has 0 aliphatic heterocycles. The second-order valence-corrected chi connectivity index (χ2v) is 3.44. The molecular weight excluding hydrogens is 244 g/mol. The molecule has 1 aromatic heterocycles. The van der Waals surface area contributed by atoms with Gasteiger partial charge in [0.05, 0.1) is 19.8 Å². The molecule has 17 heavy (non-hydrogen) atoms. The number of alkyl halides is 1. The Morgan fingerprint density at radius 1 is 1.24 bits per heavy atom. The van der Waals surface area contributed by atoms with Crippen molar-refractivity contribution in [1.82, 2.24) is 10.2 Å². The standard InChI is InChI=1S/C11H11ClN2O3/c1-15-8-5-3-4-7(10(8)16-2)11-14-13-9(6-12)17-11/h3-5H,6H2,1-2H3. The minimum absolute atomic E-state index is 0.180. The molecule has 0 amide bonds. The van der Waals surface area contributed by atoms with Gasteiger partial charge in [-0.3, -0.25) is 0 Å². The summed E-state index contributed by atoms with van der Waals surface area (Å²) in [7, 11) is 3.12. The van der Waals surface area contributed by atoms with E-state index in [2.05, 4.69) is 10.2 Å². The Kier molecular flexibility index (Phi) is 3.49. The first-order valence-electron chi connectivity index (χ1n) is 4.90. The summed E-state index contributed by atoms with van der Waals surface area (Å²) in [5.74, 6) is 2.07. The van der Waals surface area contributed by atoms with Crippen LogP contribution >= 0.6 is 11.6 Å². The highest BCUT2D eigenvalue weighted by atomic mass is 35.5. The van der Waals surface area contributed by atoms with Gasteiger partial charge in [-0.15, -0.1) is 21.8 Å². The number of halogens is 1. The Morgan fingerprint density at radius 2 is 2.06 bits per heavy atom. The fourth-order valence-electron chi connectivity index (χ4n) is 1.47. The molecule has 5 nitrogen and oxygen atoms in total. The average molecular weight is 255 g/mol. The zero-order valence-corrected chi connectivity index (χ0v) is 10.2. The lowest BCUT2D eigenvalue weighted by atomic mass is 10.2. The number of benzene rings is 1. The Bertz CT molecular complexity index is 513. The van der Waals surface area contributed by atoms with Crippen LogP contribution in [0, 0.1) is 0 Å². The molecule has 0 unspecified atom stereocenters. The number of para-hydroxylation sites is 1. The van der Waals surface area contributed by atoms with E-state index >= 15 is 0 Å². The summed E-state index contributed by atoms with van der Waals surface area (Å²) in [4.78, 5) is 0. The number of hydrogen-bond acceptors (Lipinski definition) is 5. The number of aromatic nitrogens is 2. The van der Waals surface area contributed by atoms with Crippen LogP contribution in [0.4, 0.5) is 0 Å². The van der Waals surface area contributed by atoms with Gasteiger partial charge in [-0.2, -0.15) is 0 Å². The predicted molar refractivity (Wildman–Crippen MR) is 62.4 cm³/mol. The van der Waals surface area contributed by atoms with Crippen LogP contribution in [0.25, 0.3) is 11.5 Å². The van der Waals surface area contributed by atoms with Crippen LogP contribution < -0.4 is 9.47 Å². The summed E-state index contributed by atoms with van der Waals surface area (Å²) in [6.07, 6.45) is 0. The quantitative estimate of drug-likeness (QED) is 0.785. The molecule has 0 aliphatic rings. The lowest BCUT2D eigenvalue weighted by Gasteiger charge is -2.09. The predicted octanol–water partition coefficient (Wildman–Crippen LogP) is 2.49. The molecule has 6 heteroatoms. The topological polar surface area (TPSA) is 57.4 Å². The van der Waals surface area contributed by atoms with Gasteiger partial charge in [-0.1, -0.05) is 6.07 Å². The van der Waals surface area contributed by atoms with E-state index in [0.29, 0.717) is 28.8 Å². The van der Waals surface area contributed by atoms with Gasteiger partial charge in [-0.05, 0) is 12.1 Å². The summed E-state index contributed by atoms with van der Waals surface area (Å²) < 4.78 is 15.8. The van der Waals surface area contributed by atoms with Crippen molar-refractivity contribution in [2.75, 3.05) is 14.2 Å². The molecule has 0 atom stereocenters. The molecule has 2 rings (SSSR count). The smallest absolute Gasteiger partial charge is 0.251 e. The highest BCUT2D eigenvalue weighted by Crippen LogP contribution is 2.37. The maximum absolute atomic E-state index is 5.61. The van der Waals surface area contributed by atoms with Crippen LogP contribution in [-0.4, -0.2) is 24.4 Å². The Balaban J connectivity index is 2.50. The fraction of sp³-hybridized carbons (Fsp3) is 0.273. The summed E-state index contributed by atoms with van der Waals surface area (Å²) in [5, 5.41) is 7.70. The van der Waals surface area contributed by atoms with Crippen molar-refractivity contribution >= 4 is 11.6 Å². The van der Waals surface area contributed by atoms with E-state index in [4.69, 9.17) is 25.5 Å². The zero-order valence-electron chi connectivity index (χ0n) is 9.44. The summed E-state index contributed by atoms with van der Waals surface area (Å²) in [6.45, 7) is 0. The molecule has 0 radical (unpaired) electrons. The number of rotatable bonds is 4. The van der Waals surface area contributed by atoms with Crippen molar-refractivity contribution in [3.63, 3.8) is 0 Å². The third-order valence-corrected chi connectivity index (χ3v) is 2.44. The van der Waals surface area contributed by atoms with Crippen LogP contribution in [0.3, 0.4) is 0 Å². The minimum atomic E-state index is 0.180. The van der Waals surface area contributed by atoms with Crippen molar-refractivity contribution in [3.8, 4) is 23.0 Å². The first-order chi connectivity index (χ1) is 8.30.